The molecule has 1 amide bonds. The quantitative estimate of drug-likeness (QED) is 0.815. The Labute approximate surface area is 111 Å². The molecule has 1 aromatic rings. The standard InChI is InChI=1S/C12H16ClN3O2/c1-7-8(2-3-18-7)6-15-12(17)9-4-10(13)16-11(14)5-9/h4-5,7-8H,2-3,6H2,1H3,(H2,14,16)(H,15,17). The molecule has 1 aromatic heterocycles. The maximum atomic E-state index is 11.9. The van der Waals surface area contributed by atoms with Crippen LogP contribution < -0.4 is 11.1 Å². The predicted molar refractivity (Wildman–Crippen MR) is 69.5 cm³/mol. The fraction of sp³-hybridized carbons (Fsp3) is 0.500. The maximum absolute atomic E-state index is 11.9. The first-order valence-electron chi connectivity index (χ1n) is 5.89. The van der Waals surface area contributed by atoms with Crippen LogP contribution in [0.4, 0.5) is 5.82 Å². The second-order valence-corrected chi connectivity index (χ2v) is 4.83. The fourth-order valence-electron chi connectivity index (χ4n) is 2.02. The van der Waals surface area contributed by atoms with Crippen molar-refractivity contribution < 1.29 is 9.53 Å². The minimum Gasteiger partial charge on any atom is -0.384 e. The summed E-state index contributed by atoms with van der Waals surface area (Å²) in [5, 5.41) is 3.08. The number of hydrogen-bond donors (Lipinski definition) is 2. The van der Waals surface area contributed by atoms with Crippen LogP contribution in [0.1, 0.15) is 23.7 Å². The van der Waals surface area contributed by atoms with Gasteiger partial charge in [-0.15, -0.1) is 0 Å². The maximum Gasteiger partial charge on any atom is 0.251 e. The summed E-state index contributed by atoms with van der Waals surface area (Å²) in [6.07, 6.45) is 1.16. The van der Waals surface area contributed by atoms with Crippen LogP contribution in [-0.4, -0.2) is 30.1 Å². The number of amides is 1. The topological polar surface area (TPSA) is 77.2 Å². The molecule has 2 atom stereocenters. The van der Waals surface area contributed by atoms with E-state index in [0.29, 0.717) is 18.0 Å². The van der Waals surface area contributed by atoms with Crippen molar-refractivity contribution in [3.63, 3.8) is 0 Å². The number of carbonyl (C=O) groups is 1. The van der Waals surface area contributed by atoms with Gasteiger partial charge in [0.2, 0.25) is 0 Å². The Kier molecular flexibility index (Phi) is 4.04. The fourth-order valence-corrected chi connectivity index (χ4v) is 2.23. The molecule has 2 unspecified atom stereocenters. The van der Waals surface area contributed by atoms with Gasteiger partial charge >= 0.3 is 0 Å². The van der Waals surface area contributed by atoms with E-state index in [4.69, 9.17) is 22.1 Å². The van der Waals surface area contributed by atoms with Gasteiger partial charge in [-0.2, -0.15) is 0 Å². The van der Waals surface area contributed by atoms with E-state index in [1.807, 2.05) is 6.92 Å². The lowest BCUT2D eigenvalue weighted by Crippen LogP contribution is -2.32. The van der Waals surface area contributed by atoms with Crippen molar-refractivity contribution in [3.8, 4) is 0 Å². The van der Waals surface area contributed by atoms with Crippen molar-refractivity contribution in [1.82, 2.24) is 10.3 Å². The highest BCUT2D eigenvalue weighted by molar-refractivity contribution is 6.29. The second-order valence-electron chi connectivity index (χ2n) is 4.44. The van der Waals surface area contributed by atoms with Crippen LogP contribution in [0.25, 0.3) is 0 Å². The molecule has 2 heterocycles. The van der Waals surface area contributed by atoms with Crippen molar-refractivity contribution in [1.29, 1.82) is 0 Å². The van der Waals surface area contributed by atoms with Crippen molar-refractivity contribution in [2.24, 2.45) is 5.92 Å². The molecule has 0 spiro atoms. The van der Waals surface area contributed by atoms with Crippen molar-refractivity contribution >= 4 is 23.3 Å². The van der Waals surface area contributed by atoms with Crippen LogP contribution in [0.3, 0.4) is 0 Å². The highest BCUT2D eigenvalue weighted by atomic mass is 35.5. The third-order valence-electron chi connectivity index (χ3n) is 3.13. The number of anilines is 1. The predicted octanol–water partition coefficient (Wildman–Crippen LogP) is 1.47. The third kappa shape index (κ3) is 3.11. The van der Waals surface area contributed by atoms with E-state index in [2.05, 4.69) is 10.3 Å². The highest BCUT2D eigenvalue weighted by Gasteiger charge is 2.24. The van der Waals surface area contributed by atoms with Gasteiger partial charge in [0.25, 0.3) is 5.91 Å². The minimum absolute atomic E-state index is 0.190. The average molecular weight is 270 g/mol. The molecular formula is C12H16ClN3O2. The molecule has 0 aliphatic carbocycles. The van der Waals surface area contributed by atoms with E-state index >= 15 is 0 Å². The molecule has 6 heteroatoms. The number of ether oxygens (including phenoxy) is 1. The molecule has 98 valence electrons. The summed E-state index contributed by atoms with van der Waals surface area (Å²) in [7, 11) is 0. The summed E-state index contributed by atoms with van der Waals surface area (Å²) in [5.74, 6) is 0.416. The Morgan fingerprint density at radius 3 is 3.06 bits per heavy atom. The van der Waals surface area contributed by atoms with Gasteiger partial charge < -0.3 is 15.8 Å². The minimum atomic E-state index is -0.190. The summed E-state index contributed by atoms with van der Waals surface area (Å²) in [6, 6.07) is 3.01. The van der Waals surface area contributed by atoms with E-state index in [0.717, 1.165) is 13.0 Å². The highest BCUT2D eigenvalue weighted by Crippen LogP contribution is 2.19. The molecule has 1 aliphatic rings. The summed E-state index contributed by atoms with van der Waals surface area (Å²) in [5.41, 5.74) is 5.97. The number of nitrogens with one attached hydrogen (secondary N) is 1. The Hall–Kier alpha value is -1.33. The van der Waals surface area contributed by atoms with Crippen LogP contribution >= 0.6 is 11.6 Å². The van der Waals surface area contributed by atoms with E-state index in [1.165, 1.54) is 12.1 Å². The van der Waals surface area contributed by atoms with Gasteiger partial charge in [-0.25, -0.2) is 4.98 Å². The number of halogens is 1. The summed E-state index contributed by atoms with van der Waals surface area (Å²) < 4.78 is 5.44. The number of pyridine rings is 1. The molecule has 2 rings (SSSR count). The average Bonchev–Trinajstić information content (AvgIpc) is 2.70. The van der Waals surface area contributed by atoms with Gasteiger partial charge in [0, 0.05) is 24.6 Å². The number of aromatic nitrogens is 1. The largest absolute Gasteiger partial charge is 0.384 e. The lowest BCUT2D eigenvalue weighted by Gasteiger charge is -2.14. The van der Waals surface area contributed by atoms with Gasteiger partial charge in [0.15, 0.2) is 0 Å². The zero-order valence-electron chi connectivity index (χ0n) is 10.1. The van der Waals surface area contributed by atoms with Gasteiger partial charge in [0.1, 0.15) is 11.0 Å². The van der Waals surface area contributed by atoms with Gasteiger partial charge in [-0.1, -0.05) is 11.6 Å². The third-order valence-corrected chi connectivity index (χ3v) is 3.33. The Morgan fingerprint density at radius 2 is 2.44 bits per heavy atom. The number of carbonyl (C=O) groups excluding carboxylic acids is 1. The molecule has 5 nitrogen and oxygen atoms in total. The zero-order chi connectivity index (χ0) is 13.1. The van der Waals surface area contributed by atoms with Gasteiger partial charge in [-0.05, 0) is 25.5 Å². The van der Waals surface area contributed by atoms with Crippen LogP contribution in [0.5, 0.6) is 0 Å². The van der Waals surface area contributed by atoms with E-state index in [1.54, 1.807) is 0 Å². The molecule has 3 N–H and O–H groups in total. The summed E-state index contributed by atoms with van der Waals surface area (Å²) in [4.78, 5) is 15.7. The number of hydrogen-bond acceptors (Lipinski definition) is 4. The molecule has 0 aromatic carbocycles. The molecule has 1 fully saturated rings. The molecule has 0 radical (unpaired) electrons. The Balaban J connectivity index is 1.95. The molecule has 18 heavy (non-hydrogen) atoms. The second kappa shape index (κ2) is 5.54. The Bertz CT molecular complexity index is 433. The zero-order valence-corrected chi connectivity index (χ0v) is 10.9. The molecule has 1 aliphatic heterocycles. The first kappa shape index (κ1) is 13.1. The van der Waals surface area contributed by atoms with E-state index in [9.17, 15) is 4.79 Å². The number of rotatable bonds is 3. The first-order valence-corrected chi connectivity index (χ1v) is 6.27. The molecule has 0 bridgehead atoms. The lowest BCUT2D eigenvalue weighted by atomic mass is 10.0. The molecule has 0 saturated carbocycles. The lowest BCUT2D eigenvalue weighted by molar-refractivity contribution is 0.0907. The van der Waals surface area contributed by atoms with Gasteiger partial charge in [-0.3, -0.25) is 4.79 Å². The normalized spacial score (nSPS) is 23.0. The van der Waals surface area contributed by atoms with Crippen LogP contribution in [0.2, 0.25) is 5.15 Å². The van der Waals surface area contributed by atoms with Gasteiger partial charge in [0.05, 0.1) is 6.10 Å². The monoisotopic (exact) mass is 269 g/mol. The summed E-state index contributed by atoms with van der Waals surface area (Å²) in [6.45, 7) is 3.38. The number of nitrogen functional groups attached to an aromatic ring is 1. The van der Waals surface area contributed by atoms with E-state index < -0.39 is 0 Å². The van der Waals surface area contributed by atoms with E-state index in [-0.39, 0.29) is 23.0 Å². The van der Waals surface area contributed by atoms with Crippen LogP contribution in [0, 0.1) is 5.92 Å². The number of nitrogens with two attached hydrogens (primary N) is 1. The number of nitrogens with zero attached hydrogens (tertiary/aromatic N) is 1. The van der Waals surface area contributed by atoms with Crippen LogP contribution in [-0.2, 0) is 4.74 Å². The molecular weight excluding hydrogens is 254 g/mol. The van der Waals surface area contributed by atoms with Crippen molar-refractivity contribution in [3.05, 3.63) is 22.8 Å². The van der Waals surface area contributed by atoms with Crippen molar-refractivity contribution in [2.45, 2.75) is 19.4 Å². The first-order chi connectivity index (χ1) is 8.56. The SMILES string of the molecule is CC1OCCC1CNC(=O)c1cc(N)nc(Cl)c1. The van der Waals surface area contributed by atoms with Crippen molar-refractivity contribution in [2.75, 3.05) is 18.9 Å². The summed E-state index contributed by atoms with van der Waals surface area (Å²) >= 11 is 5.75. The van der Waals surface area contributed by atoms with Crippen LogP contribution in [0.15, 0.2) is 12.1 Å². The molecule has 1 saturated heterocycles. The smallest absolute Gasteiger partial charge is 0.251 e. The Morgan fingerprint density at radius 1 is 1.67 bits per heavy atom.